The molecule has 1 aromatic carbocycles. The second-order valence-electron chi connectivity index (χ2n) is 5.48. The molecule has 1 unspecified atom stereocenters. The zero-order valence-electron chi connectivity index (χ0n) is 13.7. The van der Waals surface area contributed by atoms with Crippen LogP contribution in [0.2, 0.25) is 0 Å². The van der Waals surface area contributed by atoms with E-state index in [4.69, 9.17) is 15.2 Å². The van der Waals surface area contributed by atoms with Gasteiger partial charge in [0, 0.05) is 0 Å². The van der Waals surface area contributed by atoms with Crippen LogP contribution in [-0.4, -0.2) is 32.9 Å². The van der Waals surface area contributed by atoms with Crippen LogP contribution in [0.4, 0.5) is 13.2 Å². The van der Waals surface area contributed by atoms with Gasteiger partial charge in [-0.05, 0) is 39.0 Å². The minimum atomic E-state index is -4.63. The van der Waals surface area contributed by atoms with Gasteiger partial charge in [0.25, 0.3) is 5.91 Å². The molecule has 0 aliphatic carbocycles. The smallest absolute Gasteiger partial charge is 0.418 e. The molecule has 2 N–H and O–H groups in total. The third-order valence-corrected chi connectivity index (χ3v) is 3.05. The van der Waals surface area contributed by atoms with E-state index in [2.05, 4.69) is 10.1 Å². The van der Waals surface area contributed by atoms with Crippen LogP contribution in [0.5, 0.6) is 11.8 Å². The van der Waals surface area contributed by atoms with E-state index in [9.17, 15) is 18.0 Å². The van der Waals surface area contributed by atoms with Gasteiger partial charge in [0.2, 0.25) is 0 Å². The number of carbonyl (C=O) groups excluding carboxylic acids is 1. The number of nitrogens with zero attached hydrogens (tertiary/aromatic N) is 3. The van der Waals surface area contributed by atoms with Crippen molar-refractivity contribution in [2.75, 3.05) is 0 Å². The molecule has 136 valence electrons. The lowest BCUT2D eigenvalue weighted by Crippen LogP contribution is -2.31. The number of primary amides is 1. The van der Waals surface area contributed by atoms with Gasteiger partial charge >= 0.3 is 12.2 Å². The topological polar surface area (TPSA) is 92.3 Å². The van der Waals surface area contributed by atoms with Gasteiger partial charge in [-0.25, -0.2) is 4.68 Å². The molecule has 0 fully saturated rings. The van der Waals surface area contributed by atoms with Crippen molar-refractivity contribution in [1.82, 2.24) is 14.8 Å². The van der Waals surface area contributed by atoms with Crippen molar-refractivity contribution in [3.63, 3.8) is 0 Å². The zero-order valence-corrected chi connectivity index (χ0v) is 13.7. The Morgan fingerprint density at radius 1 is 1.24 bits per heavy atom. The Balaban J connectivity index is 2.38. The Labute approximate surface area is 141 Å². The van der Waals surface area contributed by atoms with Gasteiger partial charge in [-0.3, -0.25) is 4.79 Å². The number of halogens is 3. The molecule has 0 bridgehead atoms. The van der Waals surface area contributed by atoms with Crippen molar-refractivity contribution in [3.05, 3.63) is 30.1 Å². The molecule has 0 spiro atoms. The maximum absolute atomic E-state index is 13.4. The number of hydrogen-bond donors (Lipinski definition) is 1. The molecule has 0 aliphatic rings. The van der Waals surface area contributed by atoms with Crippen molar-refractivity contribution < 1.29 is 27.4 Å². The highest BCUT2D eigenvalue weighted by Crippen LogP contribution is 2.36. The van der Waals surface area contributed by atoms with Gasteiger partial charge in [-0.2, -0.15) is 18.2 Å². The predicted octanol–water partition coefficient (Wildman–Crippen LogP) is 2.33. The highest BCUT2D eigenvalue weighted by Gasteiger charge is 2.35. The number of ether oxygens (including phenoxy) is 2. The second kappa shape index (κ2) is 6.99. The third kappa shape index (κ3) is 4.61. The van der Waals surface area contributed by atoms with E-state index in [1.165, 1.54) is 19.1 Å². The maximum Gasteiger partial charge on any atom is 0.418 e. The number of nitrogens with two attached hydrogens (primary N) is 1. The summed E-state index contributed by atoms with van der Waals surface area (Å²) in [5, 5.41) is 3.80. The zero-order chi connectivity index (χ0) is 18.8. The van der Waals surface area contributed by atoms with E-state index >= 15 is 0 Å². The number of aromatic nitrogens is 3. The Morgan fingerprint density at radius 3 is 2.48 bits per heavy atom. The third-order valence-electron chi connectivity index (χ3n) is 3.05. The van der Waals surface area contributed by atoms with Gasteiger partial charge < -0.3 is 15.2 Å². The van der Waals surface area contributed by atoms with Crippen LogP contribution in [0.15, 0.2) is 24.5 Å². The van der Waals surface area contributed by atoms with Crippen LogP contribution in [0, 0.1) is 0 Å². The first-order valence-corrected chi connectivity index (χ1v) is 7.34. The molecular weight excluding hydrogens is 341 g/mol. The number of rotatable bonds is 6. The summed E-state index contributed by atoms with van der Waals surface area (Å²) in [7, 11) is 0. The number of carbonyl (C=O) groups is 1. The Kier molecular flexibility index (Phi) is 5.19. The number of hydrogen-bond acceptors (Lipinski definition) is 5. The Morgan fingerprint density at radius 2 is 1.92 bits per heavy atom. The number of amides is 1. The highest BCUT2D eigenvalue weighted by molar-refractivity contribution is 5.78. The van der Waals surface area contributed by atoms with Crippen molar-refractivity contribution in [1.29, 1.82) is 0 Å². The molecule has 10 heteroatoms. The first-order valence-electron chi connectivity index (χ1n) is 7.34. The maximum atomic E-state index is 13.4. The summed E-state index contributed by atoms with van der Waals surface area (Å²) < 4.78 is 51.4. The lowest BCUT2D eigenvalue weighted by Gasteiger charge is -2.16. The fraction of sp³-hybridized carbons (Fsp3) is 0.400. The molecule has 2 rings (SSSR count). The second-order valence-corrected chi connectivity index (χ2v) is 5.48. The minimum Gasteiger partial charge on any atom is -0.491 e. The van der Waals surface area contributed by atoms with E-state index in [0.29, 0.717) is 0 Å². The van der Waals surface area contributed by atoms with Gasteiger partial charge in [-0.1, -0.05) is 0 Å². The van der Waals surface area contributed by atoms with Gasteiger partial charge in [-0.15, -0.1) is 5.10 Å². The Bertz CT molecular complexity index is 759. The van der Waals surface area contributed by atoms with Crippen molar-refractivity contribution >= 4 is 5.91 Å². The van der Waals surface area contributed by atoms with Gasteiger partial charge in [0.05, 0.1) is 17.4 Å². The quantitative estimate of drug-likeness (QED) is 0.856. The van der Waals surface area contributed by atoms with Crippen LogP contribution < -0.4 is 15.2 Å². The average Bonchev–Trinajstić information content (AvgIpc) is 2.93. The van der Waals surface area contributed by atoms with Crippen molar-refractivity contribution in [2.45, 2.75) is 39.2 Å². The van der Waals surface area contributed by atoms with Crippen molar-refractivity contribution in [2.24, 2.45) is 5.73 Å². The fourth-order valence-electron chi connectivity index (χ4n) is 1.92. The van der Waals surface area contributed by atoms with Crippen molar-refractivity contribution in [3.8, 4) is 17.4 Å². The van der Waals surface area contributed by atoms with E-state index in [-0.39, 0.29) is 23.6 Å². The summed E-state index contributed by atoms with van der Waals surface area (Å²) in [5.41, 5.74) is 3.86. The highest BCUT2D eigenvalue weighted by atomic mass is 19.4. The molecule has 1 amide bonds. The SMILES string of the molecule is CC(C)Oc1ccc(-n2cnc(OC(C)C(N)=O)n2)c(C(F)(F)F)c1. The number of benzene rings is 1. The molecule has 7 nitrogen and oxygen atoms in total. The summed E-state index contributed by atoms with van der Waals surface area (Å²) in [5.74, 6) is -0.660. The molecule has 0 radical (unpaired) electrons. The lowest BCUT2D eigenvalue weighted by molar-refractivity contribution is -0.137. The van der Waals surface area contributed by atoms with Crippen LogP contribution in [-0.2, 0) is 11.0 Å². The normalized spacial score (nSPS) is 12.9. The predicted molar refractivity (Wildman–Crippen MR) is 81.4 cm³/mol. The summed E-state index contributed by atoms with van der Waals surface area (Å²) in [6.45, 7) is 4.80. The van der Waals surface area contributed by atoms with E-state index < -0.39 is 23.8 Å². The minimum absolute atomic E-state index is 0.0880. The molecule has 0 saturated heterocycles. The summed E-state index contributed by atoms with van der Waals surface area (Å²) in [4.78, 5) is 14.7. The molecule has 1 atom stereocenters. The van der Waals surface area contributed by atoms with Gasteiger partial charge in [0.15, 0.2) is 6.10 Å². The standard InChI is InChI=1S/C15H17F3N4O3/c1-8(2)24-10-4-5-12(11(6-10)15(16,17)18)22-7-20-14(21-22)25-9(3)13(19)23/h4-9H,1-3H3,(H2,19,23). The van der Waals surface area contributed by atoms with Crippen LogP contribution in [0.3, 0.4) is 0 Å². The van der Waals surface area contributed by atoms with Crippen LogP contribution >= 0.6 is 0 Å². The molecule has 0 aliphatic heterocycles. The fourth-order valence-corrected chi connectivity index (χ4v) is 1.92. The monoisotopic (exact) mass is 358 g/mol. The summed E-state index contributed by atoms with van der Waals surface area (Å²) in [6, 6.07) is 3.25. The first kappa shape index (κ1) is 18.6. The first-order chi connectivity index (χ1) is 11.6. The molecule has 1 aromatic heterocycles. The molecule has 1 heterocycles. The van der Waals surface area contributed by atoms with E-state index in [1.54, 1.807) is 13.8 Å². The molecule has 0 saturated carbocycles. The number of alkyl halides is 3. The summed E-state index contributed by atoms with van der Waals surface area (Å²) >= 11 is 0. The molecular formula is C15H17F3N4O3. The Hall–Kier alpha value is -2.78. The van der Waals surface area contributed by atoms with Crippen LogP contribution in [0.1, 0.15) is 26.3 Å². The molecule has 2 aromatic rings. The average molecular weight is 358 g/mol. The van der Waals surface area contributed by atoms with Gasteiger partial charge in [0.1, 0.15) is 12.1 Å². The van der Waals surface area contributed by atoms with E-state index in [0.717, 1.165) is 17.1 Å². The molecule has 25 heavy (non-hydrogen) atoms. The summed E-state index contributed by atoms with van der Waals surface area (Å²) in [6.07, 6.45) is -4.86. The van der Waals surface area contributed by atoms with Crippen LogP contribution in [0.25, 0.3) is 5.69 Å². The van der Waals surface area contributed by atoms with E-state index in [1.807, 2.05) is 0 Å². The largest absolute Gasteiger partial charge is 0.491 e. The lowest BCUT2D eigenvalue weighted by atomic mass is 10.1.